The van der Waals surface area contributed by atoms with Crippen molar-refractivity contribution in [3.05, 3.63) is 75.8 Å². The summed E-state index contributed by atoms with van der Waals surface area (Å²) in [7, 11) is 1.53. The average molecular weight is 526 g/mol. The number of hydrogen-bond acceptors (Lipinski definition) is 7. The zero-order chi connectivity index (χ0) is 23.8. The number of ether oxygens (including phenoxy) is 5. The summed E-state index contributed by atoms with van der Waals surface area (Å²) in [5.74, 6) is 1.62. The zero-order valence-corrected chi connectivity index (χ0v) is 19.9. The van der Waals surface area contributed by atoms with E-state index < -0.39 is 18.3 Å². The van der Waals surface area contributed by atoms with Crippen molar-refractivity contribution in [3.63, 3.8) is 0 Å². The van der Waals surface area contributed by atoms with Gasteiger partial charge in [-0.1, -0.05) is 28.1 Å². The Hall–Kier alpha value is -3.72. The third-order valence-corrected chi connectivity index (χ3v) is 6.47. The summed E-state index contributed by atoms with van der Waals surface area (Å²) in [6.07, 6.45) is -2.91. The standard InChI is InChI=1S/C25H20BrNO7/c1-13-3-5-15(10-18(13)26)27-25(29)34-24-22(28)17-7-6-16(30-2)11-20(17)33-23(24)14-4-8-19-21(9-14)32-12-31-19/h3-11,23-24H,12H2,1-2H3,(H,27,29)/t23-,24?/m1/s1. The molecule has 0 saturated carbocycles. The predicted molar refractivity (Wildman–Crippen MR) is 126 cm³/mol. The number of carbonyl (C=O) groups is 2. The summed E-state index contributed by atoms with van der Waals surface area (Å²) in [6, 6.07) is 15.4. The number of benzene rings is 3. The van der Waals surface area contributed by atoms with Gasteiger partial charge in [0.05, 0.1) is 12.7 Å². The molecular weight excluding hydrogens is 506 g/mol. The Bertz CT molecular complexity index is 1290. The minimum absolute atomic E-state index is 0.109. The van der Waals surface area contributed by atoms with Crippen molar-refractivity contribution in [2.45, 2.75) is 19.1 Å². The van der Waals surface area contributed by atoms with E-state index in [1.54, 1.807) is 48.5 Å². The molecular formula is C25H20BrNO7. The Kier molecular flexibility index (Phi) is 5.79. The molecule has 1 unspecified atom stereocenters. The van der Waals surface area contributed by atoms with Gasteiger partial charge in [0, 0.05) is 21.8 Å². The van der Waals surface area contributed by atoms with Crippen LogP contribution in [0.1, 0.15) is 27.6 Å². The summed E-state index contributed by atoms with van der Waals surface area (Å²) in [5.41, 5.74) is 2.44. The predicted octanol–water partition coefficient (Wildman–Crippen LogP) is 5.43. The van der Waals surface area contributed by atoms with Gasteiger partial charge in [0.1, 0.15) is 11.5 Å². The van der Waals surface area contributed by atoms with Crippen molar-refractivity contribution in [1.82, 2.24) is 0 Å². The molecule has 2 heterocycles. The molecule has 2 atom stereocenters. The molecule has 1 amide bonds. The maximum absolute atomic E-state index is 13.4. The number of halogens is 1. The maximum Gasteiger partial charge on any atom is 0.412 e. The first kappa shape index (κ1) is 22.1. The van der Waals surface area contributed by atoms with Gasteiger partial charge >= 0.3 is 6.09 Å². The highest BCUT2D eigenvalue weighted by Gasteiger charge is 2.42. The van der Waals surface area contributed by atoms with Gasteiger partial charge in [-0.05, 0) is 48.9 Å². The minimum Gasteiger partial charge on any atom is -0.497 e. The van der Waals surface area contributed by atoms with Gasteiger partial charge in [0.15, 0.2) is 17.6 Å². The van der Waals surface area contributed by atoms with Crippen LogP contribution in [0.25, 0.3) is 0 Å². The number of rotatable bonds is 4. The van der Waals surface area contributed by atoms with E-state index in [0.717, 1.165) is 10.0 Å². The molecule has 3 aromatic rings. The average Bonchev–Trinajstić information content (AvgIpc) is 3.30. The molecule has 0 fully saturated rings. The number of ketones is 1. The molecule has 0 bridgehead atoms. The second-order valence-electron chi connectivity index (χ2n) is 7.79. The van der Waals surface area contributed by atoms with E-state index in [4.69, 9.17) is 23.7 Å². The van der Waals surface area contributed by atoms with E-state index in [9.17, 15) is 9.59 Å². The Morgan fingerprint density at radius 2 is 1.85 bits per heavy atom. The second-order valence-corrected chi connectivity index (χ2v) is 8.65. The lowest BCUT2D eigenvalue weighted by Gasteiger charge is -2.32. The lowest BCUT2D eigenvalue weighted by molar-refractivity contribution is 0.0131. The highest BCUT2D eigenvalue weighted by Crippen LogP contribution is 2.41. The first-order valence-electron chi connectivity index (χ1n) is 10.4. The van der Waals surface area contributed by atoms with Gasteiger partial charge in [0.25, 0.3) is 0 Å². The highest BCUT2D eigenvalue weighted by atomic mass is 79.9. The van der Waals surface area contributed by atoms with Gasteiger partial charge in [-0.25, -0.2) is 4.79 Å². The third-order valence-electron chi connectivity index (χ3n) is 5.62. The molecule has 8 nitrogen and oxygen atoms in total. The van der Waals surface area contributed by atoms with Crippen LogP contribution in [0.3, 0.4) is 0 Å². The van der Waals surface area contributed by atoms with Crippen LogP contribution in [0.2, 0.25) is 0 Å². The number of amides is 1. The Morgan fingerprint density at radius 3 is 2.65 bits per heavy atom. The van der Waals surface area contributed by atoms with E-state index in [1.807, 2.05) is 13.0 Å². The van der Waals surface area contributed by atoms with Crippen molar-refractivity contribution < 1.29 is 33.3 Å². The molecule has 5 rings (SSSR count). The van der Waals surface area contributed by atoms with Crippen molar-refractivity contribution in [3.8, 4) is 23.0 Å². The third kappa shape index (κ3) is 4.14. The maximum atomic E-state index is 13.4. The van der Waals surface area contributed by atoms with Crippen LogP contribution in [-0.2, 0) is 4.74 Å². The Morgan fingerprint density at radius 1 is 1.03 bits per heavy atom. The molecule has 2 aliphatic heterocycles. The number of aryl methyl sites for hydroxylation is 1. The van der Waals surface area contributed by atoms with E-state index in [-0.39, 0.29) is 12.6 Å². The number of anilines is 1. The smallest absolute Gasteiger partial charge is 0.412 e. The number of nitrogens with one attached hydrogen (secondary N) is 1. The topological polar surface area (TPSA) is 92.3 Å². The van der Waals surface area contributed by atoms with Crippen LogP contribution in [-0.4, -0.2) is 31.9 Å². The van der Waals surface area contributed by atoms with Gasteiger partial charge in [-0.15, -0.1) is 0 Å². The van der Waals surface area contributed by atoms with E-state index >= 15 is 0 Å². The summed E-state index contributed by atoms with van der Waals surface area (Å²) in [6.45, 7) is 2.05. The zero-order valence-electron chi connectivity index (χ0n) is 18.3. The van der Waals surface area contributed by atoms with E-state index in [1.165, 1.54) is 7.11 Å². The fourth-order valence-electron chi connectivity index (χ4n) is 3.80. The van der Waals surface area contributed by atoms with E-state index in [2.05, 4.69) is 21.2 Å². The molecule has 34 heavy (non-hydrogen) atoms. The number of fused-ring (bicyclic) bond motifs is 2. The van der Waals surface area contributed by atoms with E-state index in [0.29, 0.717) is 39.8 Å². The normalized spacial score (nSPS) is 18.0. The first-order chi connectivity index (χ1) is 16.4. The molecule has 174 valence electrons. The van der Waals surface area contributed by atoms with Crippen molar-refractivity contribution >= 4 is 33.5 Å². The number of methoxy groups -OCH3 is 1. The van der Waals surface area contributed by atoms with Crippen LogP contribution in [0.4, 0.5) is 10.5 Å². The summed E-state index contributed by atoms with van der Waals surface area (Å²) >= 11 is 3.44. The van der Waals surface area contributed by atoms with Crippen molar-refractivity contribution in [2.24, 2.45) is 0 Å². The largest absolute Gasteiger partial charge is 0.497 e. The van der Waals surface area contributed by atoms with Crippen LogP contribution in [0, 0.1) is 6.92 Å². The Labute approximate surface area is 203 Å². The molecule has 9 heteroatoms. The molecule has 1 N–H and O–H groups in total. The fraction of sp³-hybridized carbons (Fsp3) is 0.200. The number of carbonyl (C=O) groups excluding carboxylic acids is 2. The number of Topliss-reactive ketones (excluding diaryl/α,β-unsaturated/α-hetero) is 1. The quantitative estimate of drug-likeness (QED) is 0.485. The number of hydrogen-bond donors (Lipinski definition) is 1. The first-order valence-corrected chi connectivity index (χ1v) is 11.2. The highest BCUT2D eigenvalue weighted by molar-refractivity contribution is 9.10. The SMILES string of the molecule is COc1ccc2c(c1)O[C@H](c1ccc3c(c1)OCO3)C(OC(=O)Nc1ccc(C)c(Br)c1)C2=O. The molecule has 0 saturated heterocycles. The monoisotopic (exact) mass is 525 g/mol. The van der Waals surface area contributed by atoms with Crippen LogP contribution >= 0.6 is 15.9 Å². The summed E-state index contributed by atoms with van der Waals surface area (Å²) in [4.78, 5) is 26.2. The lowest BCUT2D eigenvalue weighted by atomic mass is 9.93. The molecule has 3 aromatic carbocycles. The lowest BCUT2D eigenvalue weighted by Crippen LogP contribution is -2.40. The molecule has 0 spiro atoms. The fourth-order valence-corrected chi connectivity index (χ4v) is 4.18. The van der Waals surface area contributed by atoms with Crippen molar-refractivity contribution in [2.75, 3.05) is 19.2 Å². The van der Waals surface area contributed by atoms with Gasteiger partial charge in [-0.3, -0.25) is 10.1 Å². The van der Waals surface area contributed by atoms with Crippen LogP contribution < -0.4 is 24.3 Å². The molecule has 2 aliphatic rings. The summed E-state index contributed by atoms with van der Waals surface area (Å²) < 4.78 is 28.8. The van der Waals surface area contributed by atoms with Crippen molar-refractivity contribution in [1.29, 1.82) is 0 Å². The van der Waals surface area contributed by atoms with Gasteiger partial charge in [-0.2, -0.15) is 0 Å². The van der Waals surface area contributed by atoms with Gasteiger partial charge < -0.3 is 23.7 Å². The van der Waals surface area contributed by atoms with Crippen LogP contribution in [0.5, 0.6) is 23.0 Å². The van der Waals surface area contributed by atoms with Gasteiger partial charge in [0.2, 0.25) is 18.7 Å². The summed E-state index contributed by atoms with van der Waals surface area (Å²) in [5, 5.41) is 2.67. The second kappa shape index (κ2) is 8.90. The minimum atomic E-state index is -1.23. The molecule has 0 aromatic heterocycles. The molecule has 0 aliphatic carbocycles. The van der Waals surface area contributed by atoms with Crippen LogP contribution in [0.15, 0.2) is 59.1 Å². The molecule has 0 radical (unpaired) electrons. The Balaban J connectivity index is 1.47.